The van der Waals surface area contributed by atoms with E-state index in [2.05, 4.69) is 33.4 Å². The molecule has 0 bridgehead atoms. The summed E-state index contributed by atoms with van der Waals surface area (Å²) in [7, 11) is 0. The maximum Gasteiger partial charge on any atom is 0.328 e. The minimum Gasteiger partial charge on any atom is -0.478 e. The van der Waals surface area contributed by atoms with E-state index in [9.17, 15) is 9.59 Å². The van der Waals surface area contributed by atoms with Gasteiger partial charge < -0.3 is 10.4 Å². The number of carbonyl (C=O) groups is 2. The SMILES string of the molecule is O=C(O)/C=C\C(=O)Nc1ccc2c(c1)C(Br)c1ccccc1-2. The molecule has 0 saturated heterocycles. The Morgan fingerprint density at radius 3 is 2.55 bits per heavy atom. The van der Waals surface area contributed by atoms with Gasteiger partial charge in [-0.2, -0.15) is 0 Å². The van der Waals surface area contributed by atoms with Crippen molar-refractivity contribution in [3.63, 3.8) is 0 Å². The van der Waals surface area contributed by atoms with Gasteiger partial charge >= 0.3 is 5.97 Å². The van der Waals surface area contributed by atoms with Crippen molar-refractivity contribution in [2.24, 2.45) is 0 Å². The zero-order chi connectivity index (χ0) is 15.7. The molecule has 2 aromatic carbocycles. The number of carboxylic acid groups (broad SMARTS) is 1. The highest BCUT2D eigenvalue weighted by Crippen LogP contribution is 2.48. The number of hydrogen-bond acceptors (Lipinski definition) is 2. The summed E-state index contributed by atoms with van der Waals surface area (Å²) >= 11 is 3.68. The predicted molar refractivity (Wildman–Crippen MR) is 88.1 cm³/mol. The third-order valence-electron chi connectivity index (χ3n) is 3.49. The second kappa shape index (κ2) is 5.77. The number of aliphatic carboxylic acids is 1. The third-order valence-corrected chi connectivity index (χ3v) is 4.48. The van der Waals surface area contributed by atoms with E-state index >= 15 is 0 Å². The molecule has 1 aliphatic carbocycles. The maximum atomic E-state index is 11.6. The molecular weight excluding hydrogens is 346 g/mol. The van der Waals surface area contributed by atoms with Crippen molar-refractivity contribution in [3.8, 4) is 11.1 Å². The number of fused-ring (bicyclic) bond motifs is 3. The first kappa shape index (κ1) is 14.5. The van der Waals surface area contributed by atoms with Gasteiger partial charge in [0.15, 0.2) is 0 Å². The van der Waals surface area contributed by atoms with Gasteiger partial charge in [-0.05, 0) is 34.4 Å². The molecule has 0 saturated carbocycles. The van der Waals surface area contributed by atoms with Gasteiger partial charge in [0.2, 0.25) is 5.91 Å². The van der Waals surface area contributed by atoms with E-state index < -0.39 is 11.9 Å². The number of anilines is 1. The topological polar surface area (TPSA) is 66.4 Å². The lowest BCUT2D eigenvalue weighted by Gasteiger charge is -2.08. The quantitative estimate of drug-likeness (QED) is 0.649. The van der Waals surface area contributed by atoms with Crippen LogP contribution in [0.25, 0.3) is 11.1 Å². The molecule has 110 valence electrons. The Morgan fingerprint density at radius 1 is 1.05 bits per heavy atom. The smallest absolute Gasteiger partial charge is 0.328 e. The van der Waals surface area contributed by atoms with Crippen LogP contribution < -0.4 is 5.32 Å². The molecule has 2 N–H and O–H groups in total. The van der Waals surface area contributed by atoms with Crippen LogP contribution in [0.1, 0.15) is 16.0 Å². The summed E-state index contributed by atoms with van der Waals surface area (Å²) in [6.07, 6.45) is 1.81. The molecule has 1 unspecified atom stereocenters. The Kier molecular flexibility index (Phi) is 3.81. The third kappa shape index (κ3) is 2.67. The summed E-state index contributed by atoms with van der Waals surface area (Å²) in [5, 5.41) is 11.2. The molecule has 2 aromatic rings. The van der Waals surface area contributed by atoms with Crippen molar-refractivity contribution >= 4 is 33.5 Å². The Balaban J connectivity index is 1.87. The van der Waals surface area contributed by atoms with E-state index in [0.29, 0.717) is 5.69 Å². The Labute approximate surface area is 135 Å². The Hall–Kier alpha value is -2.40. The molecule has 22 heavy (non-hydrogen) atoms. The van der Waals surface area contributed by atoms with Crippen LogP contribution in [-0.2, 0) is 9.59 Å². The van der Waals surface area contributed by atoms with Crippen molar-refractivity contribution in [1.82, 2.24) is 0 Å². The minimum absolute atomic E-state index is 0.0881. The minimum atomic E-state index is -1.15. The lowest BCUT2D eigenvalue weighted by atomic mass is 10.1. The van der Waals surface area contributed by atoms with Crippen LogP contribution in [0.5, 0.6) is 0 Å². The van der Waals surface area contributed by atoms with Gasteiger partial charge in [0, 0.05) is 17.8 Å². The van der Waals surface area contributed by atoms with E-state index in [1.54, 1.807) is 0 Å². The van der Waals surface area contributed by atoms with E-state index in [-0.39, 0.29) is 4.83 Å². The van der Waals surface area contributed by atoms with Gasteiger partial charge in [-0.3, -0.25) is 4.79 Å². The van der Waals surface area contributed by atoms with Crippen molar-refractivity contribution in [3.05, 3.63) is 65.7 Å². The van der Waals surface area contributed by atoms with Crippen LogP contribution in [0.2, 0.25) is 0 Å². The van der Waals surface area contributed by atoms with Crippen molar-refractivity contribution in [1.29, 1.82) is 0 Å². The first-order valence-corrected chi connectivity index (χ1v) is 7.57. The number of nitrogens with one attached hydrogen (secondary N) is 1. The van der Waals surface area contributed by atoms with E-state index in [0.717, 1.165) is 23.3 Å². The molecule has 0 aliphatic heterocycles. The molecule has 5 heteroatoms. The lowest BCUT2D eigenvalue weighted by molar-refractivity contribution is -0.131. The zero-order valence-corrected chi connectivity index (χ0v) is 13.0. The van der Waals surface area contributed by atoms with Crippen molar-refractivity contribution in [2.75, 3.05) is 5.32 Å². The molecule has 1 atom stereocenters. The molecule has 4 nitrogen and oxygen atoms in total. The summed E-state index contributed by atoms with van der Waals surface area (Å²) in [6, 6.07) is 13.8. The van der Waals surface area contributed by atoms with Crippen LogP contribution in [-0.4, -0.2) is 17.0 Å². The molecule has 0 fully saturated rings. The van der Waals surface area contributed by atoms with Gasteiger partial charge in [0.1, 0.15) is 0 Å². The first-order chi connectivity index (χ1) is 10.6. The lowest BCUT2D eigenvalue weighted by Crippen LogP contribution is -2.08. The van der Waals surface area contributed by atoms with Crippen LogP contribution in [0.3, 0.4) is 0 Å². The number of rotatable bonds is 3. The number of carboxylic acids is 1. The van der Waals surface area contributed by atoms with E-state index in [1.165, 1.54) is 11.1 Å². The highest BCUT2D eigenvalue weighted by molar-refractivity contribution is 9.09. The van der Waals surface area contributed by atoms with Crippen LogP contribution in [0, 0.1) is 0 Å². The molecule has 0 radical (unpaired) electrons. The van der Waals surface area contributed by atoms with Crippen molar-refractivity contribution < 1.29 is 14.7 Å². The summed E-state index contributed by atoms with van der Waals surface area (Å²) in [5.74, 6) is -1.62. The van der Waals surface area contributed by atoms with Gasteiger partial charge in [-0.15, -0.1) is 0 Å². The fraction of sp³-hybridized carbons (Fsp3) is 0.0588. The number of alkyl halides is 1. The van der Waals surface area contributed by atoms with Crippen molar-refractivity contribution in [2.45, 2.75) is 4.83 Å². The number of carbonyl (C=O) groups excluding carboxylic acids is 1. The molecule has 3 rings (SSSR count). The summed E-state index contributed by atoms with van der Waals surface area (Å²) in [6.45, 7) is 0. The zero-order valence-electron chi connectivity index (χ0n) is 11.4. The maximum absolute atomic E-state index is 11.6. The van der Waals surface area contributed by atoms with Gasteiger partial charge in [-0.25, -0.2) is 4.79 Å². The van der Waals surface area contributed by atoms with E-state index in [1.807, 2.05) is 30.3 Å². The van der Waals surface area contributed by atoms with Crippen LogP contribution >= 0.6 is 15.9 Å². The Morgan fingerprint density at radius 2 is 1.77 bits per heavy atom. The average Bonchev–Trinajstić information content (AvgIpc) is 2.79. The molecule has 1 amide bonds. The highest BCUT2D eigenvalue weighted by atomic mass is 79.9. The molecule has 0 aromatic heterocycles. The summed E-state index contributed by atoms with van der Waals surface area (Å²) in [5.41, 5.74) is 5.24. The second-order valence-corrected chi connectivity index (χ2v) is 5.83. The fourth-order valence-corrected chi connectivity index (χ4v) is 3.34. The average molecular weight is 358 g/mol. The molecular formula is C17H12BrNO3. The largest absolute Gasteiger partial charge is 0.478 e. The number of hydrogen-bond donors (Lipinski definition) is 2. The summed E-state index contributed by atoms with van der Waals surface area (Å²) in [4.78, 5) is 22.1. The second-order valence-electron chi connectivity index (χ2n) is 4.91. The van der Waals surface area contributed by atoms with Crippen LogP contribution in [0.4, 0.5) is 5.69 Å². The number of amides is 1. The monoisotopic (exact) mass is 357 g/mol. The van der Waals surface area contributed by atoms with Gasteiger partial charge in [-0.1, -0.05) is 46.3 Å². The van der Waals surface area contributed by atoms with Gasteiger partial charge in [0.05, 0.1) is 4.83 Å². The standard InChI is InChI=1S/C17H12BrNO3/c18-17-13-4-2-1-3-11(13)12-6-5-10(9-14(12)17)19-15(20)7-8-16(21)22/h1-9,17H,(H,19,20)(H,21,22)/b8-7-. The molecule has 0 spiro atoms. The van der Waals surface area contributed by atoms with Gasteiger partial charge in [0.25, 0.3) is 0 Å². The normalized spacial score (nSPS) is 15.4. The molecule has 1 aliphatic rings. The number of halogens is 1. The number of benzene rings is 2. The fourth-order valence-electron chi connectivity index (χ4n) is 2.56. The van der Waals surface area contributed by atoms with E-state index in [4.69, 9.17) is 5.11 Å². The highest BCUT2D eigenvalue weighted by Gasteiger charge is 2.26. The summed E-state index contributed by atoms with van der Waals surface area (Å²) < 4.78 is 0. The molecule has 0 heterocycles. The Bertz CT molecular complexity index is 798. The first-order valence-electron chi connectivity index (χ1n) is 6.65. The predicted octanol–water partition coefficient (Wildman–Crippen LogP) is 3.73. The van der Waals surface area contributed by atoms with Crippen LogP contribution in [0.15, 0.2) is 54.6 Å².